The van der Waals surface area contributed by atoms with Crippen LogP contribution in [0.2, 0.25) is 0 Å². The van der Waals surface area contributed by atoms with Crippen LogP contribution in [0.25, 0.3) is 6.08 Å². The molecule has 0 saturated heterocycles. The first-order valence-corrected chi connectivity index (χ1v) is 7.19. The van der Waals surface area contributed by atoms with Gasteiger partial charge >= 0.3 is 0 Å². The van der Waals surface area contributed by atoms with Gasteiger partial charge in [-0.3, -0.25) is 0 Å². The van der Waals surface area contributed by atoms with Crippen LogP contribution in [-0.2, 0) is 0 Å². The van der Waals surface area contributed by atoms with Gasteiger partial charge in [0, 0.05) is 19.0 Å². The third-order valence-corrected chi connectivity index (χ3v) is 2.77. The number of hydrazone groups is 1. The summed E-state index contributed by atoms with van der Waals surface area (Å²) in [5, 5.41) is 5.84. The van der Waals surface area contributed by atoms with Crippen molar-refractivity contribution in [2.45, 2.75) is 10.2 Å². The van der Waals surface area contributed by atoms with E-state index in [1.165, 1.54) is 0 Å². The molecule has 1 aliphatic heterocycles. The van der Waals surface area contributed by atoms with Crippen molar-refractivity contribution in [2.24, 2.45) is 5.10 Å². The minimum Gasteiger partial charge on any atom is -0.489 e. The molecule has 0 radical (unpaired) electrons. The Labute approximate surface area is 132 Å². The maximum atomic E-state index is 5.62. The van der Waals surface area contributed by atoms with Gasteiger partial charge in [-0.1, -0.05) is 46.9 Å². The van der Waals surface area contributed by atoms with Gasteiger partial charge in [-0.15, -0.1) is 0 Å². The number of alkyl halides is 3. The van der Waals surface area contributed by atoms with Crippen molar-refractivity contribution in [3.8, 4) is 5.75 Å². The van der Waals surface area contributed by atoms with Crippen LogP contribution in [0.4, 0.5) is 0 Å². The lowest BCUT2D eigenvalue weighted by atomic mass is 10.2. The lowest BCUT2D eigenvalue weighted by molar-refractivity contribution is 0.278. The second kappa shape index (κ2) is 7.18. The number of hydrazine groups is 1. The molecular formula is C13H14Cl3N3O. The average molecular weight is 335 g/mol. The first-order valence-electron chi connectivity index (χ1n) is 6.06. The molecular weight excluding hydrogens is 321 g/mol. The smallest absolute Gasteiger partial charge is 0.223 e. The predicted molar refractivity (Wildman–Crippen MR) is 84.2 cm³/mol. The van der Waals surface area contributed by atoms with E-state index in [0.29, 0.717) is 5.75 Å². The lowest BCUT2D eigenvalue weighted by Gasteiger charge is -2.18. The molecule has 1 aromatic rings. The maximum Gasteiger partial charge on any atom is 0.223 e. The molecule has 1 heterocycles. The van der Waals surface area contributed by atoms with Gasteiger partial charge < -0.3 is 4.74 Å². The molecule has 1 N–H and O–H groups in total. The summed E-state index contributed by atoms with van der Waals surface area (Å²) in [6, 6.07) is 7.47. The molecule has 0 saturated carbocycles. The Bertz CT molecular complexity index is 483. The second-order valence-corrected chi connectivity index (χ2v) is 6.64. The zero-order chi connectivity index (χ0) is 14.4. The molecule has 0 aliphatic carbocycles. The van der Waals surface area contributed by atoms with Crippen molar-refractivity contribution >= 4 is 47.1 Å². The summed E-state index contributed by atoms with van der Waals surface area (Å²) < 4.78 is 3.95. The molecule has 0 unspecified atom stereocenters. The molecule has 108 valence electrons. The van der Waals surface area contributed by atoms with E-state index in [4.69, 9.17) is 39.5 Å². The minimum absolute atomic E-state index is 0.0132. The van der Waals surface area contributed by atoms with E-state index >= 15 is 0 Å². The maximum absolute atomic E-state index is 5.62. The molecule has 4 nitrogen and oxygen atoms in total. The fourth-order valence-electron chi connectivity index (χ4n) is 1.52. The van der Waals surface area contributed by atoms with Crippen LogP contribution in [0.1, 0.15) is 12.0 Å². The van der Waals surface area contributed by atoms with Crippen molar-refractivity contribution in [1.29, 1.82) is 0 Å². The normalized spacial score (nSPS) is 15.8. The van der Waals surface area contributed by atoms with Crippen molar-refractivity contribution in [3.63, 3.8) is 0 Å². The van der Waals surface area contributed by atoms with Crippen LogP contribution in [-0.4, -0.2) is 28.3 Å². The summed E-state index contributed by atoms with van der Waals surface area (Å²) >= 11 is 16.9. The molecule has 1 aliphatic rings. The number of nitrogens with zero attached hydrogens (tertiary/aromatic N) is 2. The lowest BCUT2D eigenvalue weighted by Crippen LogP contribution is -2.33. The molecule has 0 atom stereocenters. The zero-order valence-corrected chi connectivity index (χ0v) is 12.9. The van der Waals surface area contributed by atoms with Crippen LogP contribution < -0.4 is 10.2 Å². The molecule has 20 heavy (non-hydrogen) atoms. The first kappa shape index (κ1) is 15.4. The van der Waals surface area contributed by atoms with Gasteiger partial charge in [0.05, 0.1) is 0 Å². The molecule has 0 bridgehead atoms. The fraction of sp³-hybridized carbons (Fsp3) is 0.308. The molecule has 2 rings (SSSR count). The number of halogens is 3. The summed E-state index contributed by atoms with van der Waals surface area (Å²) in [6.45, 7) is 0.900. The molecule has 0 aromatic heterocycles. The van der Waals surface area contributed by atoms with Gasteiger partial charge in [0.25, 0.3) is 0 Å². The van der Waals surface area contributed by atoms with Crippen LogP contribution in [0.5, 0.6) is 5.75 Å². The van der Waals surface area contributed by atoms with Crippen molar-refractivity contribution < 1.29 is 4.74 Å². The Hall–Kier alpha value is -0.940. The summed E-state index contributed by atoms with van der Waals surface area (Å²) in [6.07, 6.45) is 6.61. The van der Waals surface area contributed by atoms with E-state index in [2.05, 4.69) is 10.5 Å². The van der Waals surface area contributed by atoms with Gasteiger partial charge in [-0.05, 0) is 30.2 Å². The Kier molecular flexibility index (Phi) is 5.54. The molecule has 7 heteroatoms. The molecule has 0 spiro atoms. The minimum atomic E-state index is -1.41. The predicted octanol–water partition coefficient (Wildman–Crippen LogP) is 3.60. The topological polar surface area (TPSA) is 36.9 Å². The highest BCUT2D eigenvalue weighted by Gasteiger charge is 2.20. The third kappa shape index (κ3) is 5.59. The number of hydrogen-bond donors (Lipinski definition) is 1. The quantitative estimate of drug-likeness (QED) is 0.855. The van der Waals surface area contributed by atoms with Gasteiger partial charge in [-0.2, -0.15) is 5.10 Å². The zero-order valence-electron chi connectivity index (χ0n) is 10.6. The van der Waals surface area contributed by atoms with E-state index in [-0.39, 0.29) is 6.61 Å². The highest BCUT2D eigenvalue weighted by atomic mass is 35.6. The van der Waals surface area contributed by atoms with Crippen molar-refractivity contribution in [2.75, 3.05) is 13.2 Å². The number of ether oxygens (including phenoxy) is 1. The monoisotopic (exact) mass is 333 g/mol. The SMILES string of the molecule is ClC(Cl)(Cl)COc1ccc(/C=C/N2N=CCCN2)cc1. The van der Waals surface area contributed by atoms with E-state index < -0.39 is 3.79 Å². The summed E-state index contributed by atoms with van der Waals surface area (Å²) in [5.74, 6) is 0.655. The summed E-state index contributed by atoms with van der Waals surface area (Å²) in [4.78, 5) is 0. The van der Waals surface area contributed by atoms with Gasteiger partial charge in [0.15, 0.2) is 0 Å². The number of hydrogen-bond acceptors (Lipinski definition) is 4. The van der Waals surface area contributed by atoms with Crippen LogP contribution in [0, 0.1) is 0 Å². The van der Waals surface area contributed by atoms with E-state index in [0.717, 1.165) is 18.5 Å². The number of nitrogens with one attached hydrogen (secondary N) is 1. The van der Waals surface area contributed by atoms with Crippen molar-refractivity contribution in [1.82, 2.24) is 10.5 Å². The molecule has 1 aromatic carbocycles. The van der Waals surface area contributed by atoms with Crippen LogP contribution in [0.15, 0.2) is 35.6 Å². The number of rotatable bonds is 4. The third-order valence-electron chi connectivity index (χ3n) is 2.44. The molecule has 0 fully saturated rings. The van der Waals surface area contributed by atoms with Gasteiger partial charge in [0.2, 0.25) is 3.79 Å². The second-order valence-electron chi connectivity index (χ2n) is 4.13. The van der Waals surface area contributed by atoms with E-state index in [9.17, 15) is 0 Å². The Morgan fingerprint density at radius 1 is 1.30 bits per heavy atom. The highest BCUT2D eigenvalue weighted by molar-refractivity contribution is 6.67. The fourth-order valence-corrected chi connectivity index (χ4v) is 1.68. The average Bonchev–Trinajstić information content (AvgIpc) is 2.44. The Morgan fingerprint density at radius 3 is 2.65 bits per heavy atom. The Morgan fingerprint density at radius 2 is 2.05 bits per heavy atom. The van der Waals surface area contributed by atoms with Gasteiger partial charge in [-0.25, -0.2) is 10.5 Å². The largest absolute Gasteiger partial charge is 0.489 e. The van der Waals surface area contributed by atoms with Crippen LogP contribution >= 0.6 is 34.8 Å². The van der Waals surface area contributed by atoms with Crippen LogP contribution in [0.3, 0.4) is 0 Å². The van der Waals surface area contributed by atoms with E-state index in [1.54, 1.807) is 5.12 Å². The molecule has 0 amide bonds. The summed E-state index contributed by atoms with van der Waals surface area (Å²) in [5.41, 5.74) is 4.14. The first-order chi connectivity index (χ1) is 9.53. The van der Waals surface area contributed by atoms with E-state index in [1.807, 2.05) is 42.8 Å². The number of benzene rings is 1. The highest BCUT2D eigenvalue weighted by Crippen LogP contribution is 2.27. The van der Waals surface area contributed by atoms with Crippen molar-refractivity contribution in [3.05, 3.63) is 36.0 Å². The Balaban J connectivity index is 1.89. The standard InChI is InChI=1S/C13H14Cl3N3O/c14-13(15,16)10-20-12-4-2-11(3-5-12)6-9-19-17-7-1-8-18-19/h2-7,9,18H,1,8,10H2/b9-6+. The summed E-state index contributed by atoms with van der Waals surface area (Å²) in [7, 11) is 0. The van der Waals surface area contributed by atoms with Gasteiger partial charge in [0.1, 0.15) is 12.4 Å².